The number of hydrogen-bond acceptors (Lipinski definition) is 7. The summed E-state index contributed by atoms with van der Waals surface area (Å²) < 4.78 is 29.9. The van der Waals surface area contributed by atoms with E-state index in [2.05, 4.69) is 0 Å². The predicted octanol–water partition coefficient (Wildman–Crippen LogP) is 4.46. The van der Waals surface area contributed by atoms with E-state index in [0.717, 1.165) is 18.2 Å². The van der Waals surface area contributed by atoms with Gasteiger partial charge in [0, 0.05) is 57.5 Å². The van der Waals surface area contributed by atoms with Gasteiger partial charge in [-0.25, -0.2) is 0 Å². The van der Waals surface area contributed by atoms with Crippen LogP contribution >= 0.6 is 7.82 Å². The lowest BCUT2D eigenvalue weighted by Gasteiger charge is -2.23. The number of phosphoric ester groups is 1. The van der Waals surface area contributed by atoms with Gasteiger partial charge in [-0.15, -0.1) is 0 Å². The van der Waals surface area contributed by atoms with E-state index < -0.39 is 7.82 Å². The van der Waals surface area contributed by atoms with Crippen LogP contribution in [0.4, 0.5) is 0 Å². The van der Waals surface area contributed by atoms with Crippen LogP contribution in [0.2, 0.25) is 0 Å². The molecule has 11 heteroatoms. The fraction of sp³-hybridized carbons (Fsp3) is 0.625. The highest BCUT2D eigenvalue weighted by Gasteiger charge is 2.34. The van der Waals surface area contributed by atoms with Crippen LogP contribution in [0.3, 0.4) is 0 Å². The van der Waals surface area contributed by atoms with Crippen LogP contribution in [-0.4, -0.2) is 71.7 Å². The summed E-state index contributed by atoms with van der Waals surface area (Å²) in [7, 11) is 0.430. The first-order valence-corrected chi connectivity index (χ1v) is 12.9. The zero-order valence-corrected chi connectivity index (χ0v) is 24.0. The van der Waals surface area contributed by atoms with Crippen molar-refractivity contribution in [2.75, 3.05) is 21.1 Å². The molecule has 0 aromatic rings. The summed E-state index contributed by atoms with van der Waals surface area (Å²) in [6.07, 6.45) is 3.48. The maximum atomic E-state index is 13.5. The summed E-state index contributed by atoms with van der Waals surface area (Å²) in [5.74, 6) is -1.18. The van der Waals surface area contributed by atoms with Crippen LogP contribution in [0.1, 0.15) is 62.3 Å². The van der Waals surface area contributed by atoms with E-state index in [0.29, 0.717) is 0 Å². The van der Waals surface area contributed by atoms with Gasteiger partial charge >= 0.3 is 7.82 Å². The van der Waals surface area contributed by atoms with Crippen LogP contribution in [-0.2, 0) is 32.5 Å². The molecule has 0 atom stereocenters. The van der Waals surface area contributed by atoms with E-state index in [1.165, 1.54) is 35.5 Å². The summed E-state index contributed by atoms with van der Waals surface area (Å²) in [6, 6.07) is -0.183. The molecule has 0 heterocycles. The Morgan fingerprint density at radius 3 is 0.943 bits per heavy atom. The van der Waals surface area contributed by atoms with Gasteiger partial charge in [-0.05, 0) is 62.3 Å². The highest BCUT2D eigenvalue weighted by molar-refractivity contribution is 7.48. The van der Waals surface area contributed by atoms with E-state index in [-0.39, 0.29) is 53.1 Å². The maximum Gasteiger partial charge on any atom is 0.646 e. The summed E-state index contributed by atoms with van der Waals surface area (Å²) in [4.78, 5) is 41.5. The summed E-state index contributed by atoms with van der Waals surface area (Å²) in [5, 5.41) is 0. The van der Waals surface area contributed by atoms with Crippen molar-refractivity contribution < 1.29 is 32.5 Å². The third-order valence-electron chi connectivity index (χ3n) is 5.11. The van der Waals surface area contributed by atoms with Gasteiger partial charge in [0.05, 0.1) is 0 Å². The molecule has 0 saturated heterocycles. The number of carbonyl (C=O) groups is 3. The van der Waals surface area contributed by atoms with Crippen molar-refractivity contribution in [1.29, 1.82) is 0 Å². The van der Waals surface area contributed by atoms with Crippen molar-refractivity contribution in [3.63, 3.8) is 0 Å². The molecule has 3 amide bonds. The number of rotatable bonds is 12. The molecule has 0 unspecified atom stereocenters. The van der Waals surface area contributed by atoms with Crippen molar-refractivity contribution >= 4 is 25.5 Å². The highest BCUT2D eigenvalue weighted by atomic mass is 31.2. The smallest absolute Gasteiger partial charge is 0.391 e. The fourth-order valence-electron chi connectivity index (χ4n) is 2.25. The van der Waals surface area contributed by atoms with E-state index in [1.54, 1.807) is 21.1 Å². The topological polar surface area (TPSA) is 106 Å². The average molecular weight is 516 g/mol. The molecule has 0 aliphatic rings. The van der Waals surface area contributed by atoms with Gasteiger partial charge < -0.3 is 28.3 Å². The molecule has 10 nitrogen and oxygen atoms in total. The molecule has 0 saturated carbocycles. The van der Waals surface area contributed by atoms with Crippen molar-refractivity contribution in [2.24, 2.45) is 0 Å². The van der Waals surface area contributed by atoms with E-state index in [9.17, 15) is 18.9 Å². The first-order valence-electron chi connectivity index (χ1n) is 11.4. The molecule has 0 rings (SSSR count). The molecule has 0 aromatic heterocycles. The lowest BCUT2D eigenvalue weighted by molar-refractivity contribution is -0.127. The molecule has 0 aliphatic heterocycles. The first-order chi connectivity index (χ1) is 15.9. The van der Waals surface area contributed by atoms with Gasteiger partial charge in [-0.1, -0.05) is 0 Å². The zero-order chi connectivity index (χ0) is 27.7. The normalized spacial score (nSPS) is 13.2. The molecule has 35 heavy (non-hydrogen) atoms. The molecule has 0 spiro atoms. The number of likely N-dealkylation sites (N-methyl/N-ethyl adjacent to an activating group) is 3. The number of allylic oxidation sites excluding steroid dienone is 3. The molecular weight excluding hydrogens is 473 g/mol. The van der Waals surface area contributed by atoms with Gasteiger partial charge in [0.2, 0.25) is 17.7 Å². The SMILES string of the molecule is C/C(=C\C(=O)N(C)C(C)C)OP(=O)(O/C(C)=C/C(=O)N(C)C(C)C)O/C(C)=C/C(=O)N(C)C(C)C. The van der Waals surface area contributed by atoms with Crippen molar-refractivity contribution in [1.82, 2.24) is 14.7 Å². The minimum atomic E-state index is -4.44. The summed E-state index contributed by atoms with van der Waals surface area (Å²) in [5.41, 5.74) is 0. The van der Waals surface area contributed by atoms with Crippen LogP contribution in [0.5, 0.6) is 0 Å². The van der Waals surface area contributed by atoms with Crippen molar-refractivity contribution in [2.45, 2.75) is 80.4 Å². The van der Waals surface area contributed by atoms with Gasteiger partial charge in [0.25, 0.3) is 0 Å². The Bertz CT molecular complexity index is 793. The van der Waals surface area contributed by atoms with Crippen molar-refractivity contribution in [3.05, 3.63) is 35.5 Å². The Kier molecular flexibility index (Phi) is 12.9. The second kappa shape index (κ2) is 14.0. The minimum Gasteiger partial charge on any atom is -0.391 e. The van der Waals surface area contributed by atoms with Crippen molar-refractivity contribution in [3.8, 4) is 0 Å². The maximum absolute atomic E-state index is 13.5. The quantitative estimate of drug-likeness (QED) is 0.215. The summed E-state index contributed by atoms with van der Waals surface area (Å²) in [6.45, 7) is 15.4. The number of phosphoric acid groups is 1. The minimum absolute atomic E-state index is 0.0253. The molecular formula is C24H42N3O7P. The van der Waals surface area contributed by atoms with Gasteiger partial charge in [-0.2, -0.15) is 4.57 Å². The van der Waals surface area contributed by atoms with Crippen LogP contribution in [0.15, 0.2) is 35.5 Å². The molecule has 200 valence electrons. The average Bonchev–Trinajstić information content (AvgIpc) is 2.70. The lowest BCUT2D eigenvalue weighted by Crippen LogP contribution is -2.32. The Morgan fingerprint density at radius 2 is 0.771 bits per heavy atom. The Hall–Kier alpha value is -2.74. The monoisotopic (exact) mass is 515 g/mol. The molecule has 0 aromatic carbocycles. The highest BCUT2D eigenvalue weighted by Crippen LogP contribution is 2.54. The molecule has 0 radical (unpaired) electrons. The molecule has 0 fully saturated rings. The van der Waals surface area contributed by atoms with E-state index in [1.807, 2.05) is 41.5 Å². The standard InChI is InChI=1S/C24H42N3O7P/c1-16(2)25(10)22(28)13-19(7)32-35(31,33-20(8)14-23(29)26(11)17(3)4)34-21(9)15-24(30)27(12)18(5)6/h13-18H,1-12H3/b19-13+,20-14+,21-15+. The Morgan fingerprint density at radius 1 is 0.571 bits per heavy atom. The lowest BCUT2D eigenvalue weighted by atomic mass is 10.3. The number of amides is 3. The number of nitrogens with zero attached hydrogens (tertiary/aromatic N) is 3. The van der Waals surface area contributed by atoms with Gasteiger partial charge in [0.15, 0.2) is 0 Å². The largest absolute Gasteiger partial charge is 0.646 e. The number of hydrogen-bond donors (Lipinski definition) is 0. The second-order valence-electron chi connectivity index (χ2n) is 9.11. The predicted molar refractivity (Wildman–Crippen MR) is 136 cm³/mol. The Labute approximate surface area is 210 Å². The summed E-state index contributed by atoms with van der Waals surface area (Å²) >= 11 is 0. The fourth-order valence-corrected chi connectivity index (χ4v) is 3.58. The molecule has 0 aliphatic carbocycles. The third kappa shape index (κ3) is 11.5. The van der Waals surface area contributed by atoms with Crippen LogP contribution < -0.4 is 0 Å². The van der Waals surface area contributed by atoms with E-state index >= 15 is 0 Å². The van der Waals surface area contributed by atoms with Crippen LogP contribution in [0, 0.1) is 0 Å². The first kappa shape index (κ1) is 32.3. The third-order valence-corrected chi connectivity index (χ3v) is 6.65. The van der Waals surface area contributed by atoms with Gasteiger partial charge in [-0.3, -0.25) is 14.4 Å². The Balaban J connectivity index is 6.04. The zero-order valence-electron chi connectivity index (χ0n) is 23.1. The van der Waals surface area contributed by atoms with E-state index in [4.69, 9.17) is 13.6 Å². The molecule has 0 N–H and O–H groups in total. The number of carbonyl (C=O) groups excluding carboxylic acids is 3. The van der Waals surface area contributed by atoms with Crippen LogP contribution in [0.25, 0.3) is 0 Å². The van der Waals surface area contributed by atoms with Gasteiger partial charge in [0.1, 0.15) is 17.3 Å². The molecule has 0 bridgehead atoms. The second-order valence-corrected chi connectivity index (χ2v) is 10.6.